The van der Waals surface area contributed by atoms with Crippen molar-refractivity contribution in [3.05, 3.63) is 64.1 Å². The molecule has 0 bridgehead atoms. The molecule has 0 atom stereocenters. The number of pyridine rings is 1. The van der Waals surface area contributed by atoms with Crippen LogP contribution in [0, 0.1) is 13.8 Å². The predicted octanol–water partition coefficient (Wildman–Crippen LogP) is 3.37. The third-order valence-corrected chi connectivity index (χ3v) is 6.03. The van der Waals surface area contributed by atoms with E-state index < -0.39 is 0 Å². The highest BCUT2D eigenvalue weighted by Gasteiger charge is 2.24. The summed E-state index contributed by atoms with van der Waals surface area (Å²) in [7, 11) is 0. The van der Waals surface area contributed by atoms with Crippen LogP contribution in [0.1, 0.15) is 49.1 Å². The second kappa shape index (κ2) is 9.29. The van der Waals surface area contributed by atoms with E-state index >= 15 is 0 Å². The number of benzene rings is 1. The van der Waals surface area contributed by atoms with E-state index in [-0.39, 0.29) is 23.7 Å². The number of nitrogens with one attached hydrogen (secondary N) is 2. The Morgan fingerprint density at radius 2 is 2.00 bits per heavy atom. The number of carbonyl (C=O) groups is 1. The normalized spacial score (nSPS) is 18.6. The molecule has 31 heavy (non-hydrogen) atoms. The molecule has 2 aromatic heterocycles. The van der Waals surface area contributed by atoms with Gasteiger partial charge in [-0.2, -0.15) is 4.98 Å². The number of aromatic amines is 1. The molecule has 7 heteroatoms. The maximum absolute atomic E-state index is 12.5. The summed E-state index contributed by atoms with van der Waals surface area (Å²) in [5.41, 5.74) is 2.07. The number of rotatable bonds is 6. The van der Waals surface area contributed by atoms with Crippen LogP contribution in [0.5, 0.6) is 5.75 Å². The number of nitrogens with zero attached hydrogens (tertiary/aromatic N) is 2. The van der Waals surface area contributed by atoms with Gasteiger partial charge in [0.1, 0.15) is 5.75 Å². The molecule has 1 aliphatic carbocycles. The minimum atomic E-state index is -0.345. The van der Waals surface area contributed by atoms with Crippen molar-refractivity contribution in [3.8, 4) is 5.75 Å². The zero-order chi connectivity index (χ0) is 21.8. The van der Waals surface area contributed by atoms with Crippen molar-refractivity contribution in [2.45, 2.75) is 64.5 Å². The van der Waals surface area contributed by atoms with Crippen molar-refractivity contribution >= 4 is 16.7 Å². The van der Waals surface area contributed by atoms with Crippen molar-refractivity contribution in [2.75, 3.05) is 0 Å². The van der Waals surface area contributed by atoms with Crippen LogP contribution in [0.2, 0.25) is 0 Å². The van der Waals surface area contributed by atoms with E-state index in [1.54, 1.807) is 6.20 Å². The van der Waals surface area contributed by atoms with Gasteiger partial charge in [0.25, 0.3) is 0 Å². The van der Waals surface area contributed by atoms with Gasteiger partial charge in [-0.1, -0.05) is 12.1 Å². The molecule has 1 amide bonds. The molecule has 2 heterocycles. The second-order valence-corrected chi connectivity index (χ2v) is 8.24. The average Bonchev–Trinajstić information content (AvgIpc) is 2.74. The topological polar surface area (TPSA) is 97.0 Å². The van der Waals surface area contributed by atoms with Crippen molar-refractivity contribution in [1.29, 1.82) is 0 Å². The molecule has 1 saturated carbocycles. The van der Waals surface area contributed by atoms with Gasteiger partial charge in [-0.05, 0) is 63.6 Å². The highest BCUT2D eigenvalue weighted by Crippen LogP contribution is 2.29. The fourth-order valence-electron chi connectivity index (χ4n) is 4.36. The molecule has 0 radical (unpaired) electrons. The first-order valence-corrected chi connectivity index (χ1v) is 10.8. The van der Waals surface area contributed by atoms with Crippen LogP contribution < -0.4 is 15.7 Å². The molecule has 7 nitrogen and oxygen atoms in total. The standard InChI is InChI=1S/C24H28N4O3/c1-15-20(16(2)27-24(30)26-15)10-11-23(29)28-18-6-8-19(9-7-18)31-22-5-3-4-17-14-25-13-12-21(17)22/h3-5,12-14,18-19H,6-11H2,1-2H3,(H,28,29)(H,26,27,30). The summed E-state index contributed by atoms with van der Waals surface area (Å²) in [5, 5.41) is 5.31. The van der Waals surface area contributed by atoms with Gasteiger partial charge in [0.15, 0.2) is 0 Å². The molecular weight excluding hydrogens is 392 g/mol. The number of hydrogen-bond acceptors (Lipinski definition) is 5. The Morgan fingerprint density at radius 3 is 2.77 bits per heavy atom. The molecule has 3 aromatic rings. The van der Waals surface area contributed by atoms with Gasteiger partial charge in [0.2, 0.25) is 5.91 Å². The number of ether oxygens (including phenoxy) is 1. The predicted molar refractivity (Wildman–Crippen MR) is 119 cm³/mol. The summed E-state index contributed by atoms with van der Waals surface area (Å²) in [6.45, 7) is 3.65. The summed E-state index contributed by atoms with van der Waals surface area (Å²) in [6.07, 6.45) is 8.38. The minimum absolute atomic E-state index is 0.0379. The monoisotopic (exact) mass is 420 g/mol. The minimum Gasteiger partial charge on any atom is -0.490 e. The number of hydrogen-bond donors (Lipinski definition) is 2. The van der Waals surface area contributed by atoms with E-state index in [0.29, 0.717) is 18.5 Å². The third-order valence-electron chi connectivity index (χ3n) is 6.03. The number of fused-ring (bicyclic) bond motifs is 1. The zero-order valence-corrected chi connectivity index (χ0v) is 18.0. The Bertz CT molecular complexity index is 1100. The lowest BCUT2D eigenvalue weighted by Gasteiger charge is -2.30. The summed E-state index contributed by atoms with van der Waals surface area (Å²) in [5.74, 6) is 0.934. The van der Waals surface area contributed by atoms with Crippen LogP contribution >= 0.6 is 0 Å². The smallest absolute Gasteiger partial charge is 0.345 e. The third kappa shape index (κ3) is 5.10. The second-order valence-electron chi connectivity index (χ2n) is 8.24. The van der Waals surface area contributed by atoms with Crippen LogP contribution in [-0.2, 0) is 11.2 Å². The Morgan fingerprint density at radius 1 is 1.19 bits per heavy atom. The number of aromatic nitrogens is 3. The number of amides is 1. The summed E-state index contributed by atoms with van der Waals surface area (Å²) >= 11 is 0. The quantitative estimate of drug-likeness (QED) is 0.637. The Labute approximate surface area is 181 Å². The van der Waals surface area contributed by atoms with Gasteiger partial charge in [-0.15, -0.1) is 0 Å². The summed E-state index contributed by atoms with van der Waals surface area (Å²) < 4.78 is 6.29. The van der Waals surface area contributed by atoms with Crippen LogP contribution in [-0.4, -0.2) is 33.0 Å². The maximum atomic E-state index is 12.5. The Hall–Kier alpha value is -3.22. The van der Waals surface area contributed by atoms with Crippen molar-refractivity contribution < 1.29 is 9.53 Å². The Balaban J connectivity index is 1.26. The van der Waals surface area contributed by atoms with Gasteiger partial charge >= 0.3 is 5.69 Å². The largest absolute Gasteiger partial charge is 0.490 e. The molecule has 2 N–H and O–H groups in total. The van der Waals surface area contributed by atoms with Crippen LogP contribution in [0.3, 0.4) is 0 Å². The first-order chi connectivity index (χ1) is 15.0. The molecule has 1 aliphatic rings. The first-order valence-electron chi connectivity index (χ1n) is 10.8. The number of aryl methyl sites for hydroxylation is 2. The molecule has 0 unspecified atom stereocenters. The molecule has 1 aromatic carbocycles. The lowest BCUT2D eigenvalue weighted by Crippen LogP contribution is -2.39. The van der Waals surface area contributed by atoms with Crippen LogP contribution in [0.15, 0.2) is 41.5 Å². The van der Waals surface area contributed by atoms with Crippen LogP contribution in [0.4, 0.5) is 0 Å². The van der Waals surface area contributed by atoms with E-state index in [2.05, 4.69) is 20.3 Å². The molecule has 1 fully saturated rings. The van der Waals surface area contributed by atoms with Gasteiger partial charge in [-0.25, -0.2) is 4.79 Å². The average molecular weight is 421 g/mol. The summed E-state index contributed by atoms with van der Waals surface area (Å²) in [4.78, 5) is 34.7. The highest BCUT2D eigenvalue weighted by atomic mass is 16.5. The van der Waals surface area contributed by atoms with Crippen molar-refractivity contribution in [2.24, 2.45) is 0 Å². The molecule has 0 saturated heterocycles. The Kier molecular flexibility index (Phi) is 6.30. The van der Waals surface area contributed by atoms with E-state index in [9.17, 15) is 9.59 Å². The number of H-pyrrole nitrogens is 1. The molecule has 0 aliphatic heterocycles. The van der Waals surface area contributed by atoms with Gasteiger partial charge < -0.3 is 15.0 Å². The molecule has 162 valence electrons. The van der Waals surface area contributed by atoms with E-state index in [4.69, 9.17) is 4.74 Å². The molecule has 0 spiro atoms. The molecule has 4 rings (SSSR count). The number of carbonyl (C=O) groups excluding carboxylic acids is 1. The first kappa shape index (κ1) is 21.0. The van der Waals surface area contributed by atoms with E-state index in [1.165, 1.54) is 0 Å². The lowest BCUT2D eigenvalue weighted by atomic mass is 9.92. The fraction of sp³-hybridized carbons (Fsp3) is 0.417. The van der Waals surface area contributed by atoms with Crippen LogP contribution in [0.25, 0.3) is 10.8 Å². The van der Waals surface area contributed by atoms with Gasteiger partial charge in [0, 0.05) is 47.0 Å². The van der Waals surface area contributed by atoms with Crippen molar-refractivity contribution in [1.82, 2.24) is 20.3 Å². The zero-order valence-electron chi connectivity index (χ0n) is 18.0. The van der Waals surface area contributed by atoms with E-state index in [0.717, 1.165) is 53.5 Å². The van der Waals surface area contributed by atoms with E-state index in [1.807, 2.05) is 44.3 Å². The maximum Gasteiger partial charge on any atom is 0.345 e. The fourth-order valence-corrected chi connectivity index (χ4v) is 4.36. The SMILES string of the molecule is Cc1nc(=O)[nH]c(C)c1CCC(=O)NC1CCC(Oc2cccc3cnccc23)CC1. The van der Waals surface area contributed by atoms with Gasteiger partial charge in [0.05, 0.1) is 6.10 Å². The van der Waals surface area contributed by atoms with Crippen molar-refractivity contribution in [3.63, 3.8) is 0 Å². The molecular formula is C24H28N4O3. The lowest BCUT2D eigenvalue weighted by molar-refractivity contribution is -0.122. The summed E-state index contributed by atoms with van der Waals surface area (Å²) in [6, 6.07) is 8.20. The highest BCUT2D eigenvalue weighted by molar-refractivity contribution is 5.87. The van der Waals surface area contributed by atoms with Gasteiger partial charge in [-0.3, -0.25) is 9.78 Å².